The first-order valence-electron chi connectivity index (χ1n) is 27.0. The Bertz CT molecular complexity index is 1290. The molecular formula is C59H101NO5. The smallest absolute Gasteiger partial charge is 0.306 e. The van der Waals surface area contributed by atoms with Crippen molar-refractivity contribution in [3.8, 4) is 0 Å². The third kappa shape index (κ3) is 47.1. The maximum Gasteiger partial charge on any atom is 0.306 e. The lowest BCUT2D eigenvalue weighted by molar-refractivity contribution is -0.151. The van der Waals surface area contributed by atoms with Crippen LogP contribution in [0.25, 0.3) is 0 Å². The first-order chi connectivity index (χ1) is 32.0. The van der Waals surface area contributed by atoms with Crippen LogP contribution in [0.1, 0.15) is 239 Å². The number of hydrogen-bond donors (Lipinski definition) is 3. The summed E-state index contributed by atoms with van der Waals surface area (Å²) in [4.78, 5) is 26.2. The molecule has 0 fully saturated rings. The number of aliphatic hydroxyl groups is 2. The summed E-state index contributed by atoms with van der Waals surface area (Å²) in [5.74, 6) is -0.559. The number of rotatable bonds is 47. The molecule has 0 heterocycles. The molecule has 372 valence electrons. The molecule has 1 amide bonds. The average molecular weight is 904 g/mol. The summed E-state index contributed by atoms with van der Waals surface area (Å²) in [6.45, 7) is 6.22. The molecule has 6 heteroatoms. The Hall–Kier alpha value is -3.22. The third-order valence-corrected chi connectivity index (χ3v) is 11.7. The molecule has 0 aromatic carbocycles. The van der Waals surface area contributed by atoms with Crippen LogP contribution in [-0.2, 0) is 14.3 Å². The summed E-state index contributed by atoms with van der Waals surface area (Å²) < 4.78 is 5.90. The number of ether oxygens (including phenoxy) is 1. The minimum atomic E-state index is -0.812. The van der Waals surface area contributed by atoms with Crippen molar-refractivity contribution in [1.29, 1.82) is 0 Å². The van der Waals surface area contributed by atoms with Gasteiger partial charge >= 0.3 is 5.97 Å². The number of unbranched alkanes of at least 4 members (excludes halogenated alkanes) is 21. The number of nitrogens with one attached hydrogen (secondary N) is 1. The zero-order valence-electron chi connectivity index (χ0n) is 42.3. The molecule has 3 N–H and O–H groups in total. The predicted octanol–water partition coefficient (Wildman–Crippen LogP) is 16.5. The van der Waals surface area contributed by atoms with E-state index in [2.05, 4.69) is 123 Å². The Labute approximate surface area is 401 Å². The highest BCUT2D eigenvalue weighted by molar-refractivity contribution is 5.77. The molecule has 3 atom stereocenters. The van der Waals surface area contributed by atoms with Crippen molar-refractivity contribution in [2.75, 3.05) is 6.61 Å². The SMILES string of the molecule is CC/C=C\C/C=C\C/C=C\C/C=C\C/C=C\CCCC(CC(=O)NC(CO)C(O)CCCCCCCCCCCCCCCCCC)OC(=O)CCCCCCC\C=C/C=C/C=C/CC. The van der Waals surface area contributed by atoms with E-state index in [0.717, 1.165) is 109 Å². The number of hydrogen-bond acceptors (Lipinski definition) is 5. The van der Waals surface area contributed by atoms with Gasteiger partial charge in [-0.2, -0.15) is 0 Å². The molecule has 0 aliphatic heterocycles. The Morgan fingerprint density at radius 3 is 1.45 bits per heavy atom. The maximum absolute atomic E-state index is 13.2. The van der Waals surface area contributed by atoms with Crippen LogP contribution in [0.3, 0.4) is 0 Å². The van der Waals surface area contributed by atoms with Crippen LogP contribution in [0.4, 0.5) is 0 Å². The average Bonchev–Trinajstić information content (AvgIpc) is 3.30. The van der Waals surface area contributed by atoms with Crippen LogP contribution in [0.5, 0.6) is 0 Å². The molecule has 0 aromatic heterocycles. The summed E-state index contributed by atoms with van der Waals surface area (Å²) in [5.41, 5.74) is 0. The van der Waals surface area contributed by atoms with Crippen LogP contribution in [-0.4, -0.2) is 46.9 Å². The van der Waals surface area contributed by atoms with Gasteiger partial charge in [0.15, 0.2) is 0 Å². The van der Waals surface area contributed by atoms with E-state index in [4.69, 9.17) is 4.74 Å². The maximum atomic E-state index is 13.2. The van der Waals surface area contributed by atoms with Crippen LogP contribution in [0.2, 0.25) is 0 Å². The van der Waals surface area contributed by atoms with Crippen molar-refractivity contribution in [2.24, 2.45) is 0 Å². The predicted molar refractivity (Wildman–Crippen MR) is 282 cm³/mol. The van der Waals surface area contributed by atoms with Crippen LogP contribution < -0.4 is 5.32 Å². The van der Waals surface area contributed by atoms with Crippen molar-refractivity contribution in [3.05, 3.63) is 97.2 Å². The molecule has 0 aliphatic rings. The van der Waals surface area contributed by atoms with Gasteiger partial charge in [0, 0.05) is 6.42 Å². The summed E-state index contributed by atoms with van der Waals surface area (Å²) in [6.07, 6.45) is 69.0. The fourth-order valence-electron chi connectivity index (χ4n) is 7.70. The van der Waals surface area contributed by atoms with E-state index in [1.165, 1.54) is 83.5 Å². The van der Waals surface area contributed by atoms with Gasteiger partial charge in [-0.3, -0.25) is 9.59 Å². The number of aliphatic hydroxyl groups excluding tert-OH is 2. The minimum absolute atomic E-state index is 0.0251. The van der Waals surface area contributed by atoms with Gasteiger partial charge < -0.3 is 20.3 Å². The van der Waals surface area contributed by atoms with Crippen molar-refractivity contribution >= 4 is 11.9 Å². The highest BCUT2D eigenvalue weighted by Crippen LogP contribution is 2.17. The van der Waals surface area contributed by atoms with Crippen molar-refractivity contribution in [2.45, 2.75) is 257 Å². The number of amides is 1. The monoisotopic (exact) mass is 904 g/mol. The largest absolute Gasteiger partial charge is 0.462 e. The van der Waals surface area contributed by atoms with Gasteiger partial charge in [0.1, 0.15) is 6.10 Å². The molecule has 6 nitrogen and oxygen atoms in total. The fraction of sp³-hybridized carbons (Fsp3) is 0.695. The Morgan fingerprint density at radius 2 is 0.923 bits per heavy atom. The van der Waals surface area contributed by atoms with Gasteiger partial charge in [0.05, 0.1) is 25.2 Å². The molecule has 0 saturated heterocycles. The molecule has 0 spiro atoms. The van der Waals surface area contributed by atoms with Crippen LogP contribution in [0.15, 0.2) is 97.2 Å². The Morgan fingerprint density at radius 1 is 0.477 bits per heavy atom. The second kappa shape index (κ2) is 51.8. The summed E-state index contributed by atoms with van der Waals surface area (Å²) in [6, 6.07) is -0.730. The molecule has 3 unspecified atom stereocenters. The Kier molecular flexibility index (Phi) is 49.2. The first kappa shape index (κ1) is 61.8. The van der Waals surface area contributed by atoms with E-state index in [0.29, 0.717) is 19.3 Å². The van der Waals surface area contributed by atoms with Crippen molar-refractivity contribution < 1.29 is 24.5 Å². The highest BCUT2D eigenvalue weighted by atomic mass is 16.5. The van der Waals surface area contributed by atoms with Crippen molar-refractivity contribution in [1.82, 2.24) is 5.32 Å². The third-order valence-electron chi connectivity index (χ3n) is 11.7. The standard InChI is InChI=1S/C59H101NO5/c1-4-7-10-13-16-19-22-25-27-29-30-33-35-38-41-44-47-50-55(65-59(64)52-49-46-43-40-37-32-24-21-18-15-12-9-6-3)53-58(63)60-56(54-61)57(62)51-48-45-42-39-36-34-31-28-26-23-20-17-14-11-8-5-2/h7,9-10,12,15-16,18-19,21,24-25,27,30,33,38,41,55-57,61-62H,4-6,8,11,13-14,17,20,22-23,26,28-29,31-32,34-37,39-40,42-54H2,1-3H3,(H,60,63)/b10-7-,12-9+,18-15+,19-16-,24-21-,27-25-,33-30-,41-38-. The number of carbonyl (C=O) groups excluding carboxylic acids is 2. The minimum Gasteiger partial charge on any atom is -0.462 e. The summed E-state index contributed by atoms with van der Waals surface area (Å²) in [7, 11) is 0. The topological polar surface area (TPSA) is 95.9 Å². The summed E-state index contributed by atoms with van der Waals surface area (Å²) in [5, 5.41) is 23.8. The molecule has 0 radical (unpaired) electrons. The molecule has 0 saturated carbocycles. The molecule has 65 heavy (non-hydrogen) atoms. The van der Waals surface area contributed by atoms with Gasteiger partial charge in [-0.25, -0.2) is 0 Å². The molecular weight excluding hydrogens is 803 g/mol. The van der Waals surface area contributed by atoms with E-state index in [1.807, 2.05) is 0 Å². The molecule has 0 rings (SSSR count). The molecule has 0 aliphatic carbocycles. The van der Waals surface area contributed by atoms with E-state index in [9.17, 15) is 19.8 Å². The zero-order chi connectivity index (χ0) is 47.4. The van der Waals surface area contributed by atoms with Gasteiger partial charge in [-0.1, -0.05) is 240 Å². The second-order valence-corrected chi connectivity index (χ2v) is 17.9. The van der Waals surface area contributed by atoms with Gasteiger partial charge in [-0.05, 0) is 83.5 Å². The quantitative estimate of drug-likeness (QED) is 0.0245. The lowest BCUT2D eigenvalue weighted by atomic mass is 10.0. The van der Waals surface area contributed by atoms with Gasteiger partial charge in [0.2, 0.25) is 5.91 Å². The first-order valence-corrected chi connectivity index (χ1v) is 27.0. The molecule has 0 aromatic rings. The summed E-state index contributed by atoms with van der Waals surface area (Å²) >= 11 is 0. The van der Waals surface area contributed by atoms with Crippen LogP contribution >= 0.6 is 0 Å². The normalized spacial score (nSPS) is 14.0. The van der Waals surface area contributed by atoms with Gasteiger partial charge in [-0.15, -0.1) is 0 Å². The Balaban J connectivity index is 4.69. The lowest BCUT2D eigenvalue weighted by Crippen LogP contribution is -2.46. The zero-order valence-corrected chi connectivity index (χ0v) is 42.3. The molecule has 0 bridgehead atoms. The van der Waals surface area contributed by atoms with E-state index in [-0.39, 0.29) is 24.9 Å². The number of esters is 1. The second-order valence-electron chi connectivity index (χ2n) is 17.9. The van der Waals surface area contributed by atoms with E-state index >= 15 is 0 Å². The fourth-order valence-corrected chi connectivity index (χ4v) is 7.70. The van der Waals surface area contributed by atoms with E-state index in [1.54, 1.807) is 0 Å². The number of allylic oxidation sites excluding steroid dienone is 16. The van der Waals surface area contributed by atoms with Crippen molar-refractivity contribution in [3.63, 3.8) is 0 Å². The highest BCUT2D eigenvalue weighted by Gasteiger charge is 2.24. The van der Waals surface area contributed by atoms with Crippen LogP contribution in [0, 0.1) is 0 Å². The number of carbonyl (C=O) groups is 2. The van der Waals surface area contributed by atoms with Gasteiger partial charge in [0.25, 0.3) is 0 Å². The van der Waals surface area contributed by atoms with E-state index < -0.39 is 18.2 Å². The lowest BCUT2D eigenvalue weighted by Gasteiger charge is -2.24.